The van der Waals surface area contributed by atoms with Gasteiger partial charge in [0.2, 0.25) is 15.9 Å². The third-order valence-corrected chi connectivity index (χ3v) is 7.64. The first-order valence-electron chi connectivity index (χ1n) is 7.29. The molecule has 2 N–H and O–H groups in total. The third-order valence-electron chi connectivity index (χ3n) is 3.01. The summed E-state index contributed by atoms with van der Waals surface area (Å²) in [5.74, 6) is 0.861. The summed E-state index contributed by atoms with van der Waals surface area (Å²) < 4.78 is 27.9. The normalized spacial score (nSPS) is 11.5. The van der Waals surface area contributed by atoms with Crippen molar-refractivity contribution >= 4 is 56.5 Å². The van der Waals surface area contributed by atoms with Crippen LogP contribution in [0.3, 0.4) is 0 Å². The number of benzene rings is 1. The molecule has 1 heterocycles. The van der Waals surface area contributed by atoms with Crippen LogP contribution in [-0.2, 0) is 14.8 Å². The van der Waals surface area contributed by atoms with E-state index >= 15 is 0 Å². The number of hydrogen-bond donors (Lipinski definition) is 2. The largest absolute Gasteiger partial charge is 0.325 e. The van der Waals surface area contributed by atoms with Crippen LogP contribution in [0.1, 0.15) is 12.5 Å². The van der Waals surface area contributed by atoms with Crippen LogP contribution in [-0.4, -0.2) is 43.1 Å². The van der Waals surface area contributed by atoms with E-state index in [1.54, 1.807) is 30.8 Å². The van der Waals surface area contributed by atoms with E-state index in [1.165, 1.54) is 36.2 Å². The van der Waals surface area contributed by atoms with Gasteiger partial charge in [0.05, 0.1) is 10.6 Å². The standard InChI is InChI=1S/C14H18N4O3S4/c1-4-22-13-17-18-14(24-13)23-8-12(19)16-10-6-5-9(2)11(7-10)25(20,21)15-3/h5-7,15H,4,8H2,1-3H3,(H,16,19). The van der Waals surface area contributed by atoms with E-state index in [2.05, 4.69) is 20.2 Å². The van der Waals surface area contributed by atoms with Crippen molar-refractivity contribution in [2.24, 2.45) is 0 Å². The fourth-order valence-electron chi connectivity index (χ4n) is 1.84. The summed E-state index contributed by atoms with van der Waals surface area (Å²) >= 11 is 4.36. The number of carbonyl (C=O) groups is 1. The molecule has 0 atom stereocenters. The van der Waals surface area contributed by atoms with Gasteiger partial charge in [-0.15, -0.1) is 10.2 Å². The highest BCUT2D eigenvalue weighted by Gasteiger charge is 2.16. The first-order chi connectivity index (χ1) is 11.9. The number of aryl methyl sites for hydroxylation is 1. The van der Waals surface area contributed by atoms with Gasteiger partial charge in [0.25, 0.3) is 0 Å². The van der Waals surface area contributed by atoms with Crippen molar-refractivity contribution in [3.8, 4) is 0 Å². The summed E-state index contributed by atoms with van der Waals surface area (Å²) in [5.41, 5.74) is 1.04. The lowest BCUT2D eigenvalue weighted by Gasteiger charge is -2.10. The summed E-state index contributed by atoms with van der Waals surface area (Å²) in [6.07, 6.45) is 0. The van der Waals surface area contributed by atoms with Crippen molar-refractivity contribution in [1.82, 2.24) is 14.9 Å². The van der Waals surface area contributed by atoms with Gasteiger partial charge in [-0.2, -0.15) is 0 Å². The second-order valence-corrected chi connectivity index (χ2v) is 10.4. The molecular weight excluding hydrogens is 400 g/mol. The topological polar surface area (TPSA) is 101 Å². The average Bonchev–Trinajstić information content (AvgIpc) is 3.02. The molecule has 2 aromatic rings. The molecule has 25 heavy (non-hydrogen) atoms. The number of anilines is 1. The van der Waals surface area contributed by atoms with Crippen molar-refractivity contribution in [2.75, 3.05) is 23.9 Å². The molecule has 136 valence electrons. The van der Waals surface area contributed by atoms with E-state index < -0.39 is 10.0 Å². The molecule has 0 saturated heterocycles. The van der Waals surface area contributed by atoms with E-state index in [9.17, 15) is 13.2 Å². The highest BCUT2D eigenvalue weighted by molar-refractivity contribution is 8.03. The summed E-state index contributed by atoms with van der Waals surface area (Å²) in [5, 5.41) is 10.8. The molecule has 11 heteroatoms. The number of thioether (sulfide) groups is 2. The summed E-state index contributed by atoms with van der Waals surface area (Å²) in [4.78, 5) is 12.2. The van der Waals surface area contributed by atoms with Gasteiger partial charge in [-0.3, -0.25) is 4.79 Å². The molecule has 0 aliphatic carbocycles. The number of rotatable bonds is 8. The summed E-state index contributed by atoms with van der Waals surface area (Å²) in [6, 6.07) is 4.78. The zero-order valence-electron chi connectivity index (χ0n) is 13.9. The highest BCUT2D eigenvalue weighted by Crippen LogP contribution is 2.28. The minimum atomic E-state index is -3.57. The Morgan fingerprint density at radius 3 is 2.56 bits per heavy atom. The van der Waals surface area contributed by atoms with Crippen LogP contribution in [0, 0.1) is 6.92 Å². The van der Waals surface area contributed by atoms with Crippen LogP contribution in [0.5, 0.6) is 0 Å². The Hall–Kier alpha value is -1.14. The molecule has 0 fully saturated rings. The van der Waals surface area contributed by atoms with Crippen molar-refractivity contribution in [1.29, 1.82) is 0 Å². The lowest BCUT2D eigenvalue weighted by molar-refractivity contribution is -0.113. The fourth-order valence-corrected chi connectivity index (χ4v) is 5.55. The fraction of sp³-hybridized carbons (Fsp3) is 0.357. The van der Waals surface area contributed by atoms with E-state index in [1.807, 2.05) is 6.92 Å². The molecule has 0 bridgehead atoms. The molecule has 0 spiro atoms. The van der Waals surface area contributed by atoms with Gasteiger partial charge in [0.1, 0.15) is 0 Å². The number of carbonyl (C=O) groups excluding carboxylic acids is 1. The smallest absolute Gasteiger partial charge is 0.240 e. The monoisotopic (exact) mass is 418 g/mol. The predicted octanol–water partition coefficient (Wildman–Crippen LogP) is 2.60. The van der Waals surface area contributed by atoms with Crippen LogP contribution in [0.25, 0.3) is 0 Å². The quantitative estimate of drug-likeness (QED) is 0.635. The lowest BCUT2D eigenvalue weighted by Crippen LogP contribution is -2.20. The maximum Gasteiger partial charge on any atom is 0.240 e. The molecular formula is C14H18N4O3S4. The van der Waals surface area contributed by atoms with Crippen molar-refractivity contribution in [3.05, 3.63) is 23.8 Å². The predicted molar refractivity (Wildman–Crippen MR) is 103 cm³/mol. The Kier molecular flexibility index (Phi) is 7.25. The zero-order valence-corrected chi connectivity index (χ0v) is 17.2. The van der Waals surface area contributed by atoms with E-state index in [4.69, 9.17) is 0 Å². The van der Waals surface area contributed by atoms with Crippen LogP contribution < -0.4 is 10.0 Å². The van der Waals surface area contributed by atoms with Crippen molar-refractivity contribution < 1.29 is 13.2 Å². The van der Waals surface area contributed by atoms with E-state index in [-0.39, 0.29) is 16.6 Å². The van der Waals surface area contributed by atoms with Gasteiger partial charge >= 0.3 is 0 Å². The lowest BCUT2D eigenvalue weighted by atomic mass is 10.2. The Morgan fingerprint density at radius 2 is 1.92 bits per heavy atom. The summed E-state index contributed by atoms with van der Waals surface area (Å²) in [7, 11) is -2.22. The molecule has 0 radical (unpaired) electrons. The molecule has 1 amide bonds. The van der Waals surface area contributed by atoms with Gasteiger partial charge in [-0.25, -0.2) is 13.1 Å². The van der Waals surface area contributed by atoms with E-state index in [0.29, 0.717) is 11.3 Å². The number of hydrogen-bond acceptors (Lipinski definition) is 8. The molecule has 0 aliphatic heterocycles. The second kappa shape index (κ2) is 8.99. The third kappa shape index (κ3) is 5.68. The van der Waals surface area contributed by atoms with Crippen LogP contribution in [0.4, 0.5) is 5.69 Å². The Morgan fingerprint density at radius 1 is 1.24 bits per heavy atom. The number of aromatic nitrogens is 2. The van der Waals surface area contributed by atoms with Gasteiger partial charge < -0.3 is 5.32 Å². The number of sulfonamides is 1. The number of amides is 1. The van der Waals surface area contributed by atoms with Gasteiger partial charge in [0.15, 0.2) is 8.68 Å². The van der Waals surface area contributed by atoms with Crippen molar-refractivity contribution in [2.45, 2.75) is 27.4 Å². The van der Waals surface area contributed by atoms with Gasteiger partial charge in [-0.05, 0) is 37.4 Å². The van der Waals surface area contributed by atoms with Crippen molar-refractivity contribution in [3.63, 3.8) is 0 Å². The average molecular weight is 419 g/mol. The van der Waals surface area contributed by atoms with Crippen LogP contribution in [0.15, 0.2) is 31.8 Å². The van der Waals surface area contributed by atoms with Crippen LogP contribution in [0.2, 0.25) is 0 Å². The number of nitrogens with zero attached hydrogens (tertiary/aromatic N) is 2. The number of nitrogens with one attached hydrogen (secondary N) is 2. The first kappa shape index (κ1) is 20.2. The Balaban J connectivity index is 1.99. The molecule has 7 nitrogen and oxygen atoms in total. The summed E-state index contributed by atoms with van der Waals surface area (Å²) in [6.45, 7) is 3.74. The van der Waals surface area contributed by atoms with Gasteiger partial charge in [-0.1, -0.05) is 47.9 Å². The molecule has 2 rings (SSSR count). The maximum atomic E-state index is 12.1. The zero-order chi connectivity index (χ0) is 18.4. The Labute approximate surface area is 159 Å². The first-order valence-corrected chi connectivity index (χ1v) is 11.6. The maximum absolute atomic E-state index is 12.1. The molecule has 1 aromatic carbocycles. The van der Waals surface area contributed by atoms with E-state index in [0.717, 1.165) is 14.4 Å². The highest BCUT2D eigenvalue weighted by atomic mass is 32.2. The minimum absolute atomic E-state index is 0.144. The molecule has 1 aromatic heterocycles. The SMILES string of the molecule is CCSc1nnc(SCC(=O)Nc2ccc(C)c(S(=O)(=O)NC)c2)s1. The van der Waals surface area contributed by atoms with Gasteiger partial charge in [0, 0.05) is 5.69 Å². The van der Waals surface area contributed by atoms with Crippen LogP contribution >= 0.6 is 34.9 Å². The minimum Gasteiger partial charge on any atom is -0.325 e. The molecule has 0 unspecified atom stereocenters. The Bertz CT molecular complexity index is 852. The second-order valence-electron chi connectivity index (χ2n) is 4.79. The molecule has 0 saturated carbocycles. The molecule has 0 aliphatic rings.